The number of amides is 3. The average molecular weight is 623 g/mol. The van der Waals surface area contributed by atoms with Gasteiger partial charge >= 0.3 is 12.2 Å². The van der Waals surface area contributed by atoms with Gasteiger partial charge in [0.15, 0.2) is 0 Å². The molecule has 11 nitrogen and oxygen atoms in total. The van der Waals surface area contributed by atoms with Gasteiger partial charge < -0.3 is 19.6 Å². The van der Waals surface area contributed by atoms with E-state index in [2.05, 4.69) is 10.4 Å². The summed E-state index contributed by atoms with van der Waals surface area (Å²) in [4.78, 5) is 40.9. The van der Waals surface area contributed by atoms with Crippen LogP contribution in [0.5, 0.6) is 0 Å². The Kier molecular flexibility index (Phi) is 6.96. The zero-order valence-electron chi connectivity index (χ0n) is 24.3. The number of thiophene rings is 1. The first kappa shape index (κ1) is 29.3. The second kappa shape index (κ2) is 10.4. The van der Waals surface area contributed by atoms with Gasteiger partial charge in [0.25, 0.3) is 5.91 Å². The number of anilines is 1. The molecule has 0 bridgehead atoms. The van der Waals surface area contributed by atoms with Crippen LogP contribution in [0.3, 0.4) is 0 Å². The summed E-state index contributed by atoms with van der Waals surface area (Å²) < 4.78 is 38.6. The third-order valence-electron chi connectivity index (χ3n) is 7.85. The molecule has 2 aliphatic heterocycles. The minimum Gasteiger partial charge on any atom is -0.465 e. The van der Waals surface area contributed by atoms with E-state index in [9.17, 15) is 24.8 Å². The van der Waals surface area contributed by atoms with Crippen molar-refractivity contribution in [1.29, 1.82) is 5.26 Å². The van der Waals surface area contributed by atoms with Crippen LogP contribution in [-0.2, 0) is 11.3 Å². The molecule has 44 heavy (non-hydrogen) atoms. The van der Waals surface area contributed by atoms with Crippen molar-refractivity contribution in [2.45, 2.75) is 52.3 Å². The molecule has 0 spiro atoms. The van der Waals surface area contributed by atoms with Crippen molar-refractivity contribution in [3.8, 4) is 17.2 Å². The van der Waals surface area contributed by atoms with Crippen molar-refractivity contribution in [1.82, 2.24) is 19.6 Å². The Balaban J connectivity index is 1.53. The molecule has 3 amide bonds. The van der Waals surface area contributed by atoms with Crippen molar-refractivity contribution in [2.24, 2.45) is 0 Å². The number of aromatic nitrogens is 2. The largest absolute Gasteiger partial charge is 0.465 e. The molecule has 14 heteroatoms. The minimum absolute atomic E-state index is 0.0446. The number of nitrogens with zero attached hydrogens (tertiary/aromatic N) is 5. The van der Waals surface area contributed by atoms with Gasteiger partial charge in [0.2, 0.25) is 0 Å². The molecule has 0 radical (unpaired) electrons. The molecular weight excluding hydrogens is 594 g/mol. The van der Waals surface area contributed by atoms with Crippen LogP contribution in [0.2, 0.25) is 0 Å². The smallest absolute Gasteiger partial charge is 0.412 e. The quantitative estimate of drug-likeness (QED) is 0.282. The van der Waals surface area contributed by atoms with E-state index in [0.29, 0.717) is 29.6 Å². The molecule has 6 rings (SSSR count). The highest BCUT2D eigenvalue weighted by Gasteiger charge is 2.37. The molecular formula is C30H28F2N6O5S. The number of halogens is 2. The van der Waals surface area contributed by atoms with Crippen LogP contribution < -0.4 is 5.32 Å². The SMILES string of the molecule is Cc1nn2c3c(cc(F)c(-c4ccc(F)c5sc(NC(=O)OC(C)(C)C)c(C#N)c45)c13)C(=O)N1CCN(C(=O)O)CC1CC2. The lowest BCUT2D eigenvalue weighted by atomic mass is 9.92. The van der Waals surface area contributed by atoms with Crippen molar-refractivity contribution < 1.29 is 33.0 Å². The van der Waals surface area contributed by atoms with E-state index in [1.54, 1.807) is 37.3 Å². The van der Waals surface area contributed by atoms with Crippen LogP contribution in [0.15, 0.2) is 18.2 Å². The summed E-state index contributed by atoms with van der Waals surface area (Å²) in [7, 11) is 0. The fourth-order valence-corrected chi connectivity index (χ4v) is 7.14. The second-order valence-electron chi connectivity index (χ2n) is 11.8. The monoisotopic (exact) mass is 622 g/mol. The number of carbonyl (C=O) groups is 3. The molecule has 2 aliphatic rings. The number of benzene rings is 2. The molecule has 1 fully saturated rings. The molecule has 0 saturated carbocycles. The molecule has 2 aromatic heterocycles. The lowest BCUT2D eigenvalue weighted by Gasteiger charge is -2.41. The number of hydrogen-bond donors (Lipinski definition) is 2. The number of rotatable bonds is 2. The summed E-state index contributed by atoms with van der Waals surface area (Å²) in [5.41, 5.74) is 0.310. The Labute approximate surface area is 254 Å². The van der Waals surface area contributed by atoms with Crippen LogP contribution >= 0.6 is 11.3 Å². The molecule has 4 heterocycles. The van der Waals surface area contributed by atoms with E-state index in [1.807, 2.05) is 6.07 Å². The molecule has 2 N–H and O–H groups in total. The van der Waals surface area contributed by atoms with Crippen molar-refractivity contribution >= 4 is 55.4 Å². The first-order valence-electron chi connectivity index (χ1n) is 13.9. The van der Waals surface area contributed by atoms with Gasteiger partial charge in [-0.15, -0.1) is 11.3 Å². The summed E-state index contributed by atoms with van der Waals surface area (Å²) in [5, 5.41) is 27.3. The Bertz CT molecular complexity index is 1940. The summed E-state index contributed by atoms with van der Waals surface area (Å²) in [6.45, 7) is 7.52. The molecule has 1 saturated heterocycles. The number of hydrogen-bond acceptors (Lipinski definition) is 7. The van der Waals surface area contributed by atoms with E-state index in [0.717, 1.165) is 17.4 Å². The molecule has 2 aromatic carbocycles. The van der Waals surface area contributed by atoms with Crippen LogP contribution in [0.25, 0.3) is 32.1 Å². The third kappa shape index (κ3) is 4.77. The average Bonchev–Trinajstić information content (AvgIpc) is 3.47. The fourth-order valence-electron chi connectivity index (χ4n) is 6.07. The Hall–Kier alpha value is -4.77. The minimum atomic E-state index is -1.06. The van der Waals surface area contributed by atoms with Gasteiger partial charge in [0, 0.05) is 42.5 Å². The maximum atomic E-state index is 16.4. The van der Waals surface area contributed by atoms with E-state index in [-0.39, 0.29) is 57.0 Å². The number of ether oxygens (including phenoxy) is 1. The first-order chi connectivity index (χ1) is 20.8. The number of fused-ring (bicyclic) bond motifs is 2. The van der Waals surface area contributed by atoms with E-state index in [4.69, 9.17) is 4.74 Å². The predicted molar refractivity (Wildman–Crippen MR) is 159 cm³/mol. The summed E-state index contributed by atoms with van der Waals surface area (Å²) in [5.74, 6) is -1.86. The summed E-state index contributed by atoms with van der Waals surface area (Å²) in [6.07, 6.45) is -1.46. The van der Waals surface area contributed by atoms with Crippen LogP contribution in [-0.4, -0.2) is 74.1 Å². The lowest BCUT2D eigenvalue weighted by molar-refractivity contribution is 0.0417. The molecule has 4 aromatic rings. The zero-order chi connectivity index (χ0) is 31.7. The first-order valence-corrected chi connectivity index (χ1v) is 14.7. The van der Waals surface area contributed by atoms with Gasteiger partial charge in [-0.2, -0.15) is 10.4 Å². The maximum absolute atomic E-state index is 16.4. The highest BCUT2D eigenvalue weighted by Crippen LogP contribution is 2.46. The van der Waals surface area contributed by atoms with Crippen LogP contribution in [0, 0.1) is 29.9 Å². The fraction of sp³-hybridized carbons (Fsp3) is 0.367. The highest BCUT2D eigenvalue weighted by molar-refractivity contribution is 7.23. The van der Waals surface area contributed by atoms with E-state index >= 15 is 8.78 Å². The molecule has 1 atom stereocenters. The number of carboxylic acid groups (broad SMARTS) is 1. The number of nitriles is 1. The Morgan fingerprint density at radius 3 is 2.59 bits per heavy atom. The molecule has 1 unspecified atom stereocenters. The topological polar surface area (TPSA) is 141 Å². The van der Waals surface area contributed by atoms with E-state index < -0.39 is 41.4 Å². The van der Waals surface area contributed by atoms with Gasteiger partial charge in [-0.1, -0.05) is 6.07 Å². The zero-order valence-corrected chi connectivity index (χ0v) is 25.1. The maximum Gasteiger partial charge on any atom is 0.412 e. The summed E-state index contributed by atoms with van der Waals surface area (Å²) >= 11 is 0.840. The van der Waals surface area contributed by atoms with Crippen LogP contribution in [0.4, 0.5) is 23.4 Å². The molecule has 228 valence electrons. The van der Waals surface area contributed by atoms with Gasteiger partial charge in [-0.3, -0.25) is 14.8 Å². The van der Waals surface area contributed by atoms with Crippen LogP contribution in [0.1, 0.15) is 48.8 Å². The number of carbonyl (C=O) groups excluding carboxylic acids is 2. The van der Waals surface area contributed by atoms with Crippen molar-refractivity contribution in [3.63, 3.8) is 0 Å². The normalized spacial score (nSPS) is 16.8. The van der Waals surface area contributed by atoms with Gasteiger partial charge in [0.05, 0.1) is 33.1 Å². The number of nitrogens with one attached hydrogen (secondary N) is 1. The number of aryl methyl sites for hydroxylation is 2. The molecule has 0 aliphatic carbocycles. The summed E-state index contributed by atoms with van der Waals surface area (Å²) in [6, 6.07) is 5.32. The van der Waals surface area contributed by atoms with Gasteiger partial charge in [0.1, 0.15) is 28.3 Å². The Morgan fingerprint density at radius 2 is 1.91 bits per heavy atom. The highest BCUT2D eigenvalue weighted by atomic mass is 32.1. The third-order valence-corrected chi connectivity index (χ3v) is 8.96. The standard InChI is InChI=1S/C30H28F2N6O5S/c1-14-21-23(16-5-6-19(31)25-22(16)18(12-33)26(44-25)34-28(40)43-30(2,3)4)20(32)11-17-24(21)38(35-14)8-7-15-13-36(29(41)42)9-10-37(15)27(17)39/h5-6,11,15H,7-10,13H2,1-4H3,(H,34,40)(H,41,42). The van der Waals surface area contributed by atoms with E-state index in [1.165, 1.54) is 17.0 Å². The van der Waals surface area contributed by atoms with Gasteiger partial charge in [-0.05, 0) is 51.8 Å². The predicted octanol–water partition coefficient (Wildman–Crippen LogP) is 5.93. The number of piperazine rings is 1. The lowest BCUT2D eigenvalue weighted by Crippen LogP contribution is -2.57. The van der Waals surface area contributed by atoms with Crippen molar-refractivity contribution in [3.05, 3.63) is 46.7 Å². The van der Waals surface area contributed by atoms with Crippen molar-refractivity contribution in [2.75, 3.05) is 25.0 Å². The Morgan fingerprint density at radius 1 is 1.16 bits per heavy atom. The second-order valence-corrected chi connectivity index (χ2v) is 12.8. The van der Waals surface area contributed by atoms with Gasteiger partial charge in [-0.25, -0.2) is 18.4 Å².